The van der Waals surface area contributed by atoms with Crippen molar-refractivity contribution in [1.29, 1.82) is 0 Å². The van der Waals surface area contributed by atoms with Gasteiger partial charge in [0.2, 0.25) is 5.91 Å². The van der Waals surface area contributed by atoms with Gasteiger partial charge in [-0.3, -0.25) is 19.0 Å². The molecule has 6 nitrogen and oxygen atoms in total. The third-order valence-electron chi connectivity index (χ3n) is 4.40. The number of carbonyl (C=O) groups is 1. The molecule has 0 aliphatic heterocycles. The highest BCUT2D eigenvalue weighted by Crippen LogP contribution is 2.11. The minimum Gasteiger partial charge on any atom is -0.354 e. The van der Waals surface area contributed by atoms with E-state index in [1.54, 1.807) is 43.3 Å². The zero-order chi connectivity index (χ0) is 19.4. The number of aryl methyl sites for hydroxylation is 1. The van der Waals surface area contributed by atoms with Crippen molar-refractivity contribution in [2.45, 2.75) is 26.4 Å². The molecular weight excluding hydrogens is 366 g/mol. The number of carbonyl (C=O) groups excluding carboxylic acids is 1. The van der Waals surface area contributed by atoms with Crippen LogP contribution in [0.1, 0.15) is 12.5 Å². The van der Waals surface area contributed by atoms with Crippen molar-refractivity contribution in [3.05, 3.63) is 79.8 Å². The zero-order valence-electron chi connectivity index (χ0n) is 14.9. The summed E-state index contributed by atoms with van der Waals surface area (Å²) in [6.07, 6.45) is 0.649. The molecule has 27 heavy (non-hydrogen) atoms. The van der Waals surface area contributed by atoms with Crippen molar-refractivity contribution in [3.8, 4) is 0 Å². The minimum atomic E-state index is -0.691. The molecule has 0 spiro atoms. The fourth-order valence-electron chi connectivity index (χ4n) is 3.04. The van der Waals surface area contributed by atoms with Crippen molar-refractivity contribution in [1.82, 2.24) is 14.5 Å². The second kappa shape index (κ2) is 8.22. The Kier molecular flexibility index (Phi) is 5.76. The molecule has 7 heteroatoms. The third-order valence-corrected chi connectivity index (χ3v) is 4.66. The quantitative estimate of drug-likeness (QED) is 0.661. The summed E-state index contributed by atoms with van der Waals surface area (Å²) < 4.78 is 2.66. The maximum absolute atomic E-state index is 12.5. The molecule has 1 heterocycles. The van der Waals surface area contributed by atoms with Crippen molar-refractivity contribution in [2.24, 2.45) is 0 Å². The Bertz CT molecular complexity index is 1080. The number of fused-ring (bicyclic) bond motifs is 1. The lowest BCUT2D eigenvalue weighted by molar-refractivity contribution is -0.121. The minimum absolute atomic E-state index is 0.195. The van der Waals surface area contributed by atoms with Gasteiger partial charge in [-0.15, -0.1) is 0 Å². The van der Waals surface area contributed by atoms with E-state index >= 15 is 0 Å². The van der Waals surface area contributed by atoms with Crippen LogP contribution in [0.4, 0.5) is 0 Å². The van der Waals surface area contributed by atoms with E-state index in [9.17, 15) is 14.4 Å². The van der Waals surface area contributed by atoms with Gasteiger partial charge in [-0.25, -0.2) is 0 Å². The van der Waals surface area contributed by atoms with Gasteiger partial charge in [0.1, 0.15) is 6.54 Å². The van der Waals surface area contributed by atoms with Crippen LogP contribution in [0.25, 0.3) is 11.0 Å². The smallest absolute Gasteiger partial charge is 0.317 e. The number of aromatic nitrogens is 2. The van der Waals surface area contributed by atoms with E-state index in [4.69, 9.17) is 11.6 Å². The number of amides is 1. The molecule has 0 aliphatic rings. The molecule has 140 valence electrons. The number of nitrogens with zero attached hydrogens (tertiary/aromatic N) is 2. The van der Waals surface area contributed by atoms with Crippen molar-refractivity contribution in [2.75, 3.05) is 6.54 Å². The fraction of sp³-hybridized carbons (Fsp3) is 0.250. The number of halogens is 1. The van der Waals surface area contributed by atoms with Gasteiger partial charge in [-0.2, -0.15) is 0 Å². The molecule has 0 unspecified atom stereocenters. The topological polar surface area (TPSA) is 73.1 Å². The van der Waals surface area contributed by atoms with Crippen LogP contribution in [-0.4, -0.2) is 21.6 Å². The number of nitrogens with one attached hydrogen (secondary N) is 1. The highest BCUT2D eigenvalue weighted by molar-refractivity contribution is 6.30. The first-order chi connectivity index (χ1) is 13.0. The Hall–Kier alpha value is -2.86. The van der Waals surface area contributed by atoms with Gasteiger partial charge in [-0.05, 0) is 43.2 Å². The van der Waals surface area contributed by atoms with Crippen molar-refractivity contribution in [3.63, 3.8) is 0 Å². The molecule has 1 aromatic heterocycles. The summed E-state index contributed by atoms with van der Waals surface area (Å²) in [5.41, 5.74) is 0.941. The number of hydrogen-bond acceptors (Lipinski definition) is 3. The van der Waals surface area contributed by atoms with E-state index < -0.39 is 11.1 Å². The number of para-hydroxylation sites is 2. The van der Waals surface area contributed by atoms with Gasteiger partial charge in [0.25, 0.3) is 0 Å². The van der Waals surface area contributed by atoms with Crippen LogP contribution < -0.4 is 16.4 Å². The number of benzene rings is 2. The van der Waals surface area contributed by atoms with E-state index in [2.05, 4.69) is 5.32 Å². The first-order valence-electron chi connectivity index (χ1n) is 8.74. The molecule has 3 rings (SSSR count). The number of rotatable bonds is 6. The standard InChI is InChI=1S/C20H20ClN3O3/c1-2-23-16-5-3-4-6-17(16)24(20(27)19(23)26)13-18(25)22-12-11-14-7-9-15(21)10-8-14/h3-10H,2,11-13H2,1H3,(H,22,25). The summed E-state index contributed by atoms with van der Waals surface area (Å²) in [5.74, 6) is -0.315. The lowest BCUT2D eigenvalue weighted by Gasteiger charge is -2.14. The Morgan fingerprint density at radius 2 is 1.56 bits per heavy atom. The average molecular weight is 386 g/mol. The molecule has 0 radical (unpaired) electrons. The molecular formula is C20H20ClN3O3. The monoisotopic (exact) mass is 385 g/mol. The normalized spacial score (nSPS) is 10.9. The largest absolute Gasteiger partial charge is 0.354 e. The predicted molar refractivity (Wildman–Crippen MR) is 106 cm³/mol. The molecule has 0 atom stereocenters. The maximum Gasteiger partial charge on any atom is 0.317 e. The van der Waals surface area contributed by atoms with Crippen LogP contribution in [0, 0.1) is 0 Å². The molecule has 3 aromatic rings. The van der Waals surface area contributed by atoms with Gasteiger partial charge in [0.05, 0.1) is 11.0 Å². The maximum atomic E-state index is 12.5. The van der Waals surface area contributed by atoms with Gasteiger partial charge < -0.3 is 9.88 Å². The van der Waals surface area contributed by atoms with E-state index in [0.717, 1.165) is 5.56 Å². The molecule has 0 fully saturated rings. The Balaban J connectivity index is 1.77. The molecule has 0 saturated carbocycles. The van der Waals surface area contributed by atoms with Crippen LogP contribution >= 0.6 is 11.6 Å². The summed E-state index contributed by atoms with van der Waals surface area (Å²) in [4.78, 5) is 37.1. The fourth-order valence-corrected chi connectivity index (χ4v) is 3.16. The molecule has 0 bridgehead atoms. The summed E-state index contributed by atoms with van der Waals surface area (Å²) in [6.45, 7) is 2.43. The Morgan fingerprint density at radius 3 is 2.19 bits per heavy atom. The second-order valence-corrected chi connectivity index (χ2v) is 6.59. The molecule has 0 aliphatic carbocycles. The van der Waals surface area contributed by atoms with Gasteiger partial charge in [-0.1, -0.05) is 35.9 Å². The summed E-state index contributed by atoms with van der Waals surface area (Å²) >= 11 is 5.85. The lowest BCUT2D eigenvalue weighted by Crippen LogP contribution is -2.43. The third kappa shape index (κ3) is 4.11. The van der Waals surface area contributed by atoms with Crippen molar-refractivity contribution < 1.29 is 4.79 Å². The lowest BCUT2D eigenvalue weighted by atomic mass is 10.1. The number of hydrogen-bond donors (Lipinski definition) is 1. The molecule has 1 N–H and O–H groups in total. The van der Waals surface area contributed by atoms with Gasteiger partial charge in [0.15, 0.2) is 0 Å². The zero-order valence-corrected chi connectivity index (χ0v) is 15.7. The average Bonchev–Trinajstić information content (AvgIpc) is 2.67. The first-order valence-corrected chi connectivity index (χ1v) is 9.12. The predicted octanol–water partition coefficient (Wildman–Crippen LogP) is 2.20. The van der Waals surface area contributed by atoms with E-state index in [0.29, 0.717) is 35.6 Å². The van der Waals surface area contributed by atoms with Crippen LogP contribution in [0.5, 0.6) is 0 Å². The highest BCUT2D eigenvalue weighted by Gasteiger charge is 2.14. The van der Waals surface area contributed by atoms with E-state index in [1.807, 2.05) is 12.1 Å². The molecule has 0 saturated heterocycles. The highest BCUT2D eigenvalue weighted by atomic mass is 35.5. The van der Waals surface area contributed by atoms with Crippen LogP contribution in [0.15, 0.2) is 58.1 Å². The summed E-state index contributed by atoms with van der Waals surface area (Å²) in [5, 5.41) is 3.46. The molecule has 2 aromatic carbocycles. The molecule has 1 amide bonds. The van der Waals surface area contributed by atoms with Crippen LogP contribution in [-0.2, 0) is 24.3 Å². The first kappa shape index (κ1) is 18.9. The van der Waals surface area contributed by atoms with E-state index in [-0.39, 0.29) is 12.5 Å². The second-order valence-electron chi connectivity index (χ2n) is 6.16. The van der Waals surface area contributed by atoms with Crippen molar-refractivity contribution >= 4 is 28.5 Å². The van der Waals surface area contributed by atoms with E-state index in [1.165, 1.54) is 9.13 Å². The van der Waals surface area contributed by atoms with Crippen LogP contribution in [0.3, 0.4) is 0 Å². The van der Waals surface area contributed by atoms with Gasteiger partial charge in [0, 0.05) is 18.1 Å². The Morgan fingerprint density at radius 1 is 0.963 bits per heavy atom. The van der Waals surface area contributed by atoms with Crippen LogP contribution in [0.2, 0.25) is 5.02 Å². The Labute approximate surface area is 161 Å². The van der Waals surface area contributed by atoms with Gasteiger partial charge >= 0.3 is 11.1 Å². The summed E-state index contributed by atoms with van der Waals surface area (Å²) in [7, 11) is 0. The summed E-state index contributed by atoms with van der Waals surface area (Å²) in [6, 6.07) is 14.5. The SMILES string of the molecule is CCn1c(=O)c(=O)n(CC(=O)NCCc2ccc(Cl)cc2)c2ccccc21.